The van der Waals surface area contributed by atoms with Crippen molar-refractivity contribution in [2.45, 2.75) is 26.9 Å². The van der Waals surface area contributed by atoms with Crippen molar-refractivity contribution in [3.8, 4) is 11.4 Å². The Morgan fingerprint density at radius 1 is 1.14 bits per heavy atom. The van der Waals surface area contributed by atoms with Gasteiger partial charge in [-0.3, -0.25) is 23.6 Å². The third kappa shape index (κ3) is 4.13. The van der Waals surface area contributed by atoms with Crippen molar-refractivity contribution >= 4 is 39.5 Å². The summed E-state index contributed by atoms with van der Waals surface area (Å²) >= 11 is 6.27. The SMILES string of the molecule is CC(C)Cn1c(=O)n(C)c(=O)c2c(-c3cc(C(=O)O)cn3C)n(Cc3ccnc4ccc(Cl)cc34)nc21. The fourth-order valence-electron chi connectivity index (χ4n) is 4.66. The highest BCUT2D eigenvalue weighted by molar-refractivity contribution is 6.31. The first-order valence-electron chi connectivity index (χ1n) is 11.7. The lowest BCUT2D eigenvalue weighted by Gasteiger charge is -2.11. The number of carboxylic acid groups (broad SMARTS) is 1. The van der Waals surface area contributed by atoms with Crippen LogP contribution in [0.3, 0.4) is 0 Å². The summed E-state index contributed by atoms with van der Waals surface area (Å²) in [4.78, 5) is 42.7. The van der Waals surface area contributed by atoms with Gasteiger partial charge in [0.1, 0.15) is 11.1 Å². The van der Waals surface area contributed by atoms with Gasteiger partial charge in [-0.2, -0.15) is 5.10 Å². The Kier molecular flexibility index (Phi) is 5.99. The lowest BCUT2D eigenvalue weighted by molar-refractivity contribution is 0.0697. The van der Waals surface area contributed by atoms with Gasteiger partial charge in [0.2, 0.25) is 0 Å². The number of pyridine rings is 1. The molecule has 0 aliphatic carbocycles. The maximum atomic E-state index is 13.5. The highest BCUT2D eigenvalue weighted by Crippen LogP contribution is 2.30. The first-order chi connectivity index (χ1) is 17.6. The van der Waals surface area contributed by atoms with E-state index in [0.717, 1.165) is 21.0 Å². The van der Waals surface area contributed by atoms with Gasteiger partial charge in [-0.25, -0.2) is 9.59 Å². The van der Waals surface area contributed by atoms with Crippen molar-refractivity contribution in [3.05, 3.63) is 79.7 Å². The summed E-state index contributed by atoms with van der Waals surface area (Å²) < 4.78 is 5.88. The zero-order chi connectivity index (χ0) is 26.6. The van der Waals surface area contributed by atoms with Crippen LogP contribution in [0.4, 0.5) is 0 Å². The van der Waals surface area contributed by atoms with E-state index < -0.39 is 17.2 Å². The number of nitrogens with zero attached hydrogens (tertiary/aromatic N) is 6. The minimum absolute atomic E-state index is 0.0758. The molecule has 0 aliphatic rings. The summed E-state index contributed by atoms with van der Waals surface area (Å²) in [7, 11) is 3.15. The molecule has 0 spiro atoms. The van der Waals surface area contributed by atoms with Gasteiger partial charge < -0.3 is 9.67 Å². The third-order valence-electron chi connectivity index (χ3n) is 6.38. The van der Waals surface area contributed by atoms with Crippen LogP contribution in [0.2, 0.25) is 5.02 Å². The molecule has 37 heavy (non-hydrogen) atoms. The largest absolute Gasteiger partial charge is 0.478 e. The minimum Gasteiger partial charge on any atom is -0.478 e. The molecular weight excluding hydrogens is 496 g/mol. The molecule has 0 saturated carbocycles. The number of aromatic carboxylic acids is 1. The van der Waals surface area contributed by atoms with Crippen LogP contribution in [-0.2, 0) is 27.2 Å². The summed E-state index contributed by atoms with van der Waals surface area (Å²) in [6.45, 7) is 4.55. The molecule has 0 fully saturated rings. The van der Waals surface area contributed by atoms with Crippen molar-refractivity contribution in [2.24, 2.45) is 20.0 Å². The summed E-state index contributed by atoms with van der Waals surface area (Å²) in [6.07, 6.45) is 3.17. The Bertz CT molecular complexity index is 1830. The molecule has 0 aliphatic heterocycles. The third-order valence-corrected chi connectivity index (χ3v) is 6.62. The number of halogens is 1. The van der Waals surface area contributed by atoms with Gasteiger partial charge in [-0.1, -0.05) is 25.4 Å². The minimum atomic E-state index is -1.09. The highest BCUT2D eigenvalue weighted by Gasteiger charge is 2.25. The fourth-order valence-corrected chi connectivity index (χ4v) is 4.83. The maximum absolute atomic E-state index is 13.5. The number of hydrogen-bond acceptors (Lipinski definition) is 5. The first-order valence-corrected chi connectivity index (χ1v) is 12.1. The van der Waals surface area contributed by atoms with Gasteiger partial charge in [0.25, 0.3) is 5.56 Å². The van der Waals surface area contributed by atoms with Gasteiger partial charge in [-0.15, -0.1) is 0 Å². The number of fused-ring (bicyclic) bond motifs is 2. The van der Waals surface area contributed by atoms with Crippen LogP contribution in [-0.4, -0.2) is 39.5 Å². The molecule has 190 valence electrons. The van der Waals surface area contributed by atoms with Crippen LogP contribution in [0.15, 0.2) is 52.3 Å². The average Bonchev–Trinajstić information content (AvgIpc) is 3.41. The van der Waals surface area contributed by atoms with E-state index in [4.69, 9.17) is 16.7 Å². The molecule has 0 bridgehead atoms. The molecule has 4 heterocycles. The average molecular weight is 521 g/mol. The molecule has 5 aromatic rings. The molecule has 1 aromatic carbocycles. The van der Waals surface area contributed by atoms with E-state index in [9.17, 15) is 19.5 Å². The van der Waals surface area contributed by atoms with E-state index in [1.165, 1.54) is 23.9 Å². The number of aromatic nitrogens is 6. The number of hydrogen-bond donors (Lipinski definition) is 1. The number of carboxylic acids is 1. The van der Waals surface area contributed by atoms with E-state index in [1.54, 1.807) is 28.6 Å². The normalized spacial score (nSPS) is 11.7. The first kappa shape index (κ1) is 24.5. The van der Waals surface area contributed by atoms with Crippen LogP contribution in [0.1, 0.15) is 29.8 Å². The molecule has 0 saturated heterocycles. The van der Waals surface area contributed by atoms with Crippen LogP contribution in [0, 0.1) is 5.92 Å². The van der Waals surface area contributed by atoms with Gasteiger partial charge in [0, 0.05) is 43.4 Å². The zero-order valence-electron chi connectivity index (χ0n) is 20.8. The summed E-state index contributed by atoms with van der Waals surface area (Å²) in [5.74, 6) is -0.969. The number of carbonyl (C=O) groups is 1. The molecule has 1 N–H and O–H groups in total. The number of benzene rings is 1. The summed E-state index contributed by atoms with van der Waals surface area (Å²) in [5.41, 5.74) is 1.89. The number of aryl methyl sites for hydroxylation is 1. The van der Waals surface area contributed by atoms with Crippen LogP contribution in [0.5, 0.6) is 0 Å². The second kappa shape index (κ2) is 9.04. The highest BCUT2D eigenvalue weighted by atomic mass is 35.5. The molecule has 5 rings (SSSR count). The van der Waals surface area contributed by atoms with Crippen molar-refractivity contribution in [2.75, 3.05) is 0 Å². The molecule has 10 nitrogen and oxygen atoms in total. The Hall–Kier alpha value is -4.18. The molecule has 4 aromatic heterocycles. The van der Waals surface area contributed by atoms with Crippen molar-refractivity contribution in [1.82, 2.24) is 28.5 Å². The maximum Gasteiger partial charge on any atom is 0.337 e. The molecule has 0 amide bonds. The van der Waals surface area contributed by atoms with Gasteiger partial charge >= 0.3 is 11.7 Å². The smallest absolute Gasteiger partial charge is 0.337 e. The van der Waals surface area contributed by atoms with E-state index in [2.05, 4.69) is 4.98 Å². The van der Waals surface area contributed by atoms with Gasteiger partial charge in [-0.05, 0) is 41.8 Å². The van der Waals surface area contributed by atoms with Crippen molar-refractivity contribution < 1.29 is 9.90 Å². The lowest BCUT2D eigenvalue weighted by atomic mass is 10.1. The van der Waals surface area contributed by atoms with E-state index >= 15 is 0 Å². The molecule has 0 atom stereocenters. The second-order valence-corrected chi connectivity index (χ2v) is 9.95. The van der Waals surface area contributed by atoms with Gasteiger partial charge in [0.05, 0.1) is 23.3 Å². The van der Waals surface area contributed by atoms with E-state index in [-0.39, 0.29) is 29.1 Å². The summed E-state index contributed by atoms with van der Waals surface area (Å²) in [5, 5.41) is 16.0. The Morgan fingerprint density at radius 2 is 1.89 bits per heavy atom. The van der Waals surface area contributed by atoms with E-state index in [1.807, 2.05) is 32.0 Å². The lowest BCUT2D eigenvalue weighted by Crippen LogP contribution is -2.38. The monoisotopic (exact) mass is 520 g/mol. The fraction of sp³-hybridized carbons (Fsp3) is 0.269. The second-order valence-electron chi connectivity index (χ2n) is 9.52. The predicted octanol–water partition coefficient (Wildman–Crippen LogP) is 3.51. The molecule has 0 unspecified atom stereocenters. The van der Waals surface area contributed by atoms with Gasteiger partial charge in [0.15, 0.2) is 5.65 Å². The molecular formula is C26H25ClN6O4. The molecule has 0 radical (unpaired) electrons. The number of rotatable bonds is 6. The Balaban J connectivity index is 1.87. The van der Waals surface area contributed by atoms with Crippen molar-refractivity contribution in [1.29, 1.82) is 0 Å². The Morgan fingerprint density at radius 3 is 2.57 bits per heavy atom. The predicted molar refractivity (Wildman–Crippen MR) is 141 cm³/mol. The quantitative estimate of drug-likeness (QED) is 0.366. The van der Waals surface area contributed by atoms with Crippen LogP contribution in [0.25, 0.3) is 33.3 Å². The van der Waals surface area contributed by atoms with E-state index in [0.29, 0.717) is 23.0 Å². The molecule has 11 heteroatoms. The zero-order valence-corrected chi connectivity index (χ0v) is 21.5. The van der Waals surface area contributed by atoms with Crippen LogP contribution >= 0.6 is 11.6 Å². The summed E-state index contributed by atoms with van der Waals surface area (Å²) in [6, 6.07) is 8.77. The topological polar surface area (TPSA) is 117 Å². The van der Waals surface area contributed by atoms with Crippen molar-refractivity contribution in [3.63, 3.8) is 0 Å². The standard InChI is InChI=1S/C26H25ClN6O4/c1-14(2)11-32-23-21(24(34)31(4)26(32)37)22(20-9-16(25(35)36)12-30(20)3)33(29-23)13-15-7-8-28-19-6-5-17(27)10-18(15)19/h5-10,12,14H,11,13H2,1-4H3,(H,35,36). The Labute approximate surface area is 216 Å². The van der Waals surface area contributed by atoms with Crippen LogP contribution < -0.4 is 11.2 Å².